The first-order valence-electron chi connectivity index (χ1n) is 7.19. The van der Waals surface area contributed by atoms with Crippen molar-refractivity contribution in [1.82, 2.24) is 5.32 Å². The average Bonchev–Trinajstić information content (AvgIpc) is 2.81. The van der Waals surface area contributed by atoms with Crippen molar-refractivity contribution < 1.29 is 4.79 Å². The van der Waals surface area contributed by atoms with Crippen LogP contribution >= 0.6 is 0 Å². The molecule has 3 N–H and O–H groups in total. The van der Waals surface area contributed by atoms with Gasteiger partial charge in [0.1, 0.15) is 0 Å². The molecule has 0 saturated heterocycles. The first kappa shape index (κ1) is 14.4. The van der Waals surface area contributed by atoms with Gasteiger partial charge >= 0.3 is 0 Å². The molecule has 1 heterocycles. The van der Waals surface area contributed by atoms with Gasteiger partial charge in [-0.3, -0.25) is 4.79 Å². The summed E-state index contributed by atoms with van der Waals surface area (Å²) in [7, 11) is 0. The summed E-state index contributed by atoms with van der Waals surface area (Å²) in [6.45, 7) is 4.48. The maximum Gasteiger partial charge on any atom is 0.224 e. The van der Waals surface area contributed by atoms with Gasteiger partial charge in [0.15, 0.2) is 0 Å². The van der Waals surface area contributed by atoms with Crippen LogP contribution in [0.2, 0.25) is 0 Å². The summed E-state index contributed by atoms with van der Waals surface area (Å²) in [5.74, 6) is 0.0931. The lowest BCUT2D eigenvalue weighted by Gasteiger charge is -2.25. The molecule has 108 valence electrons. The fraction of sp³-hybridized carbons (Fsp3) is 0.438. The Morgan fingerprint density at radius 1 is 1.50 bits per heavy atom. The van der Waals surface area contributed by atoms with Gasteiger partial charge in [-0.15, -0.1) is 0 Å². The van der Waals surface area contributed by atoms with Gasteiger partial charge in [-0.1, -0.05) is 31.5 Å². The van der Waals surface area contributed by atoms with Crippen LogP contribution in [0.1, 0.15) is 32.3 Å². The molecule has 20 heavy (non-hydrogen) atoms. The smallest absolute Gasteiger partial charge is 0.224 e. The molecule has 1 atom stereocenters. The maximum atomic E-state index is 11.9. The summed E-state index contributed by atoms with van der Waals surface area (Å²) in [5, 5.41) is 3.37. The molecule has 1 aromatic rings. The molecule has 1 amide bonds. The summed E-state index contributed by atoms with van der Waals surface area (Å²) in [6.07, 6.45) is 4.52. The van der Waals surface area contributed by atoms with E-state index in [2.05, 4.69) is 18.3 Å². The predicted octanol–water partition coefficient (Wildman–Crippen LogP) is 2.15. The van der Waals surface area contributed by atoms with E-state index in [0.717, 1.165) is 37.2 Å². The third-order valence-corrected chi connectivity index (χ3v) is 3.70. The van der Waals surface area contributed by atoms with Crippen LogP contribution in [0.5, 0.6) is 0 Å². The lowest BCUT2D eigenvalue weighted by molar-refractivity contribution is -0.116. The van der Waals surface area contributed by atoms with E-state index in [-0.39, 0.29) is 11.9 Å². The molecule has 1 aliphatic heterocycles. The second kappa shape index (κ2) is 6.46. The van der Waals surface area contributed by atoms with Gasteiger partial charge in [0.25, 0.3) is 0 Å². The van der Waals surface area contributed by atoms with Gasteiger partial charge in [0.2, 0.25) is 5.91 Å². The normalized spacial score (nSPS) is 18.0. The first-order chi connectivity index (χ1) is 9.67. The number of hydrogen-bond acceptors (Lipinski definition) is 3. The number of nitrogens with zero attached hydrogens (tertiary/aromatic N) is 1. The van der Waals surface area contributed by atoms with Crippen LogP contribution < -0.4 is 16.0 Å². The Bertz CT molecular complexity index is 510. The minimum atomic E-state index is 0.0931. The quantitative estimate of drug-likeness (QED) is 0.864. The van der Waals surface area contributed by atoms with Crippen molar-refractivity contribution in [1.29, 1.82) is 0 Å². The highest BCUT2D eigenvalue weighted by molar-refractivity contribution is 5.94. The lowest BCUT2D eigenvalue weighted by Crippen LogP contribution is -2.42. The second-order valence-corrected chi connectivity index (χ2v) is 5.20. The molecular formula is C16H23N3O. The topological polar surface area (TPSA) is 58.4 Å². The van der Waals surface area contributed by atoms with Crippen LogP contribution in [-0.4, -0.2) is 18.5 Å². The van der Waals surface area contributed by atoms with Crippen molar-refractivity contribution in [2.24, 2.45) is 5.73 Å². The highest BCUT2D eigenvalue weighted by Gasteiger charge is 2.31. The third-order valence-electron chi connectivity index (χ3n) is 3.70. The molecule has 4 nitrogen and oxygen atoms in total. The number of carbonyl (C=O) groups is 1. The number of anilines is 1. The first-order valence-corrected chi connectivity index (χ1v) is 7.19. The Balaban J connectivity index is 2.08. The number of nitrogens with two attached hydrogens (primary N) is 1. The number of benzene rings is 1. The minimum absolute atomic E-state index is 0.0931. The van der Waals surface area contributed by atoms with Crippen LogP contribution in [0, 0.1) is 0 Å². The van der Waals surface area contributed by atoms with Crippen LogP contribution in [0.4, 0.5) is 5.69 Å². The number of allylic oxidation sites excluding steroid dienone is 1. The van der Waals surface area contributed by atoms with Gasteiger partial charge in [-0.05, 0) is 24.5 Å². The summed E-state index contributed by atoms with van der Waals surface area (Å²) in [6, 6.07) is 8.28. The van der Waals surface area contributed by atoms with Crippen molar-refractivity contribution in [3.63, 3.8) is 0 Å². The molecule has 1 aliphatic rings. The molecule has 0 aliphatic carbocycles. The van der Waals surface area contributed by atoms with E-state index in [1.807, 2.05) is 23.1 Å². The zero-order valence-corrected chi connectivity index (χ0v) is 12.2. The Kier molecular flexibility index (Phi) is 4.66. The van der Waals surface area contributed by atoms with Gasteiger partial charge in [-0.2, -0.15) is 0 Å². The van der Waals surface area contributed by atoms with E-state index in [0.29, 0.717) is 0 Å². The molecule has 2 rings (SSSR count). The monoisotopic (exact) mass is 273 g/mol. The molecule has 1 aromatic carbocycles. The Morgan fingerprint density at radius 2 is 2.25 bits per heavy atom. The molecule has 0 spiro atoms. The van der Waals surface area contributed by atoms with Crippen molar-refractivity contribution >= 4 is 11.6 Å². The van der Waals surface area contributed by atoms with E-state index in [1.54, 1.807) is 13.1 Å². The van der Waals surface area contributed by atoms with Crippen molar-refractivity contribution in [3.8, 4) is 0 Å². The number of rotatable bonds is 5. The summed E-state index contributed by atoms with van der Waals surface area (Å²) in [4.78, 5) is 13.8. The van der Waals surface area contributed by atoms with Crippen molar-refractivity contribution in [2.45, 2.75) is 39.2 Å². The van der Waals surface area contributed by atoms with E-state index < -0.39 is 0 Å². The fourth-order valence-corrected chi connectivity index (χ4v) is 2.80. The highest BCUT2D eigenvalue weighted by atomic mass is 16.2. The van der Waals surface area contributed by atoms with Crippen molar-refractivity contribution in [2.75, 3.05) is 11.4 Å². The zero-order valence-electron chi connectivity index (χ0n) is 12.2. The molecule has 0 saturated carbocycles. The van der Waals surface area contributed by atoms with Gasteiger partial charge < -0.3 is 16.0 Å². The lowest BCUT2D eigenvalue weighted by atomic mass is 10.1. The molecule has 4 heteroatoms. The predicted molar refractivity (Wildman–Crippen MR) is 82.3 cm³/mol. The van der Waals surface area contributed by atoms with E-state index in [9.17, 15) is 4.79 Å². The average molecular weight is 273 g/mol. The van der Waals surface area contributed by atoms with Crippen LogP contribution in [0.15, 0.2) is 36.2 Å². The number of hydrogen-bond donors (Lipinski definition) is 2. The molecule has 0 aromatic heterocycles. The Hall–Kier alpha value is -1.97. The maximum absolute atomic E-state index is 11.9. The van der Waals surface area contributed by atoms with Gasteiger partial charge in [0, 0.05) is 31.1 Å². The second-order valence-electron chi connectivity index (χ2n) is 5.20. The highest BCUT2D eigenvalue weighted by Crippen LogP contribution is 2.31. The van der Waals surface area contributed by atoms with Crippen LogP contribution in [0.3, 0.4) is 0 Å². The van der Waals surface area contributed by atoms with Gasteiger partial charge in [-0.25, -0.2) is 0 Å². The van der Waals surface area contributed by atoms with E-state index in [4.69, 9.17) is 5.73 Å². The summed E-state index contributed by atoms with van der Waals surface area (Å²) < 4.78 is 0. The van der Waals surface area contributed by atoms with E-state index >= 15 is 0 Å². The molecule has 0 bridgehead atoms. The minimum Gasteiger partial charge on any atom is -0.403 e. The number of nitrogens with one attached hydrogen (secondary N) is 1. The molecule has 0 radical (unpaired) electrons. The summed E-state index contributed by atoms with van der Waals surface area (Å²) >= 11 is 0. The van der Waals surface area contributed by atoms with E-state index in [1.165, 1.54) is 5.56 Å². The zero-order chi connectivity index (χ0) is 14.5. The molecule has 1 unspecified atom stereocenters. The van der Waals surface area contributed by atoms with Crippen molar-refractivity contribution in [3.05, 3.63) is 41.7 Å². The molecular weight excluding hydrogens is 250 g/mol. The number of fused-ring (bicyclic) bond motifs is 1. The standard InChI is InChI=1S/C16H23N3O/c1-3-6-14(10-17)18-11-15-9-13-7-4-5-8-16(13)19(15)12(2)20/h4-5,7-8,10,15,18H,3,6,9,11,17H2,1-2H3/b14-10-. The van der Waals surface area contributed by atoms with Crippen LogP contribution in [-0.2, 0) is 11.2 Å². The Morgan fingerprint density at radius 3 is 2.90 bits per heavy atom. The number of para-hydroxylation sites is 1. The number of carbonyl (C=O) groups excluding carboxylic acids is 1. The number of amides is 1. The summed E-state index contributed by atoms with van der Waals surface area (Å²) in [5.41, 5.74) is 8.95. The van der Waals surface area contributed by atoms with Crippen LogP contribution in [0.25, 0.3) is 0 Å². The Labute approximate surface area is 120 Å². The molecule has 0 fully saturated rings. The third kappa shape index (κ3) is 2.95. The largest absolute Gasteiger partial charge is 0.403 e. The van der Waals surface area contributed by atoms with Gasteiger partial charge in [0.05, 0.1) is 6.04 Å². The fourth-order valence-electron chi connectivity index (χ4n) is 2.80. The SMILES string of the molecule is CCC/C(=C/N)NCC1Cc2ccccc2N1C(C)=O.